The molecule has 0 bridgehead atoms. The van der Waals surface area contributed by atoms with Crippen LogP contribution in [0.5, 0.6) is 0 Å². The molecule has 0 N–H and O–H groups in total. The maximum absolute atomic E-state index is 5.61. The highest BCUT2D eigenvalue weighted by Crippen LogP contribution is 2.32. The summed E-state index contributed by atoms with van der Waals surface area (Å²) in [5.41, 5.74) is 2.78. The summed E-state index contributed by atoms with van der Waals surface area (Å²) < 4.78 is 0. The molecule has 3 aromatic carbocycles. The van der Waals surface area contributed by atoms with Crippen LogP contribution in [0.4, 0.5) is 0 Å². The zero-order chi connectivity index (χ0) is 18.2. The van der Waals surface area contributed by atoms with Gasteiger partial charge < -0.3 is 0 Å². The summed E-state index contributed by atoms with van der Waals surface area (Å²) in [5.74, 6) is 9.27. The van der Waals surface area contributed by atoms with E-state index in [1.807, 2.05) is 66.7 Å². The molecule has 0 atom stereocenters. The fourth-order valence-electron chi connectivity index (χ4n) is 2.31. The van der Waals surface area contributed by atoms with E-state index < -0.39 is 0 Å². The first-order valence-corrected chi connectivity index (χ1v) is 9.51. The van der Waals surface area contributed by atoms with Crippen LogP contribution in [-0.4, -0.2) is 0 Å². The van der Waals surface area contributed by atoms with Gasteiger partial charge in [-0.25, -0.2) is 0 Å². The van der Waals surface area contributed by atoms with Gasteiger partial charge in [-0.3, -0.25) is 0 Å². The Kier molecular flexibility index (Phi) is 6.14. The molecule has 122 valence electrons. The monoisotopic (exact) mass is 366 g/mol. The average molecular weight is 367 g/mol. The molecule has 0 fully saturated rings. The van der Waals surface area contributed by atoms with Gasteiger partial charge >= 0.3 is 0 Å². The van der Waals surface area contributed by atoms with Crippen molar-refractivity contribution in [1.82, 2.24) is 0 Å². The fraction of sp³-hybridized carbons (Fsp3) is 0. The lowest BCUT2D eigenvalue weighted by molar-refractivity contribution is 1.36. The predicted molar refractivity (Wildman–Crippen MR) is 112 cm³/mol. The molecule has 2 heteroatoms. The van der Waals surface area contributed by atoms with Gasteiger partial charge in [0.1, 0.15) is 0 Å². The summed E-state index contributed by atoms with van der Waals surface area (Å²) >= 11 is 2.98. The van der Waals surface area contributed by atoms with Crippen LogP contribution in [0.2, 0.25) is 0 Å². The number of hydrogen-bond donors (Lipinski definition) is 0. The van der Waals surface area contributed by atoms with Gasteiger partial charge in [-0.1, -0.05) is 65.9 Å². The molecule has 0 aliphatic heterocycles. The maximum Gasteiger partial charge on any atom is 0.0394 e. The van der Waals surface area contributed by atoms with E-state index in [2.05, 4.69) is 29.1 Å². The van der Waals surface area contributed by atoms with Crippen molar-refractivity contribution < 1.29 is 0 Å². The Labute approximate surface area is 163 Å². The summed E-state index contributed by atoms with van der Waals surface area (Å²) in [6.45, 7) is 0. The lowest BCUT2D eigenvalue weighted by Crippen LogP contribution is -1.85. The van der Waals surface area contributed by atoms with Crippen molar-refractivity contribution in [2.24, 2.45) is 0 Å². The Hall–Kier alpha value is -2.96. The van der Waals surface area contributed by atoms with Gasteiger partial charge in [-0.05, 0) is 53.4 Å². The summed E-state index contributed by atoms with van der Waals surface area (Å²) in [5, 5.41) is 2.61. The second kappa shape index (κ2) is 8.94. The Morgan fingerprint density at radius 1 is 0.577 bits per heavy atom. The minimum absolute atomic E-state index is 0.885. The first-order valence-electron chi connectivity index (χ1n) is 7.88. The molecule has 0 heterocycles. The van der Waals surface area contributed by atoms with Crippen molar-refractivity contribution in [3.8, 4) is 35.9 Å². The molecule has 0 spiro atoms. The molecule has 0 amide bonds. The lowest BCUT2D eigenvalue weighted by Gasteiger charge is -2.06. The van der Waals surface area contributed by atoms with E-state index in [9.17, 15) is 0 Å². The van der Waals surface area contributed by atoms with Crippen LogP contribution in [0.1, 0.15) is 16.7 Å². The quantitative estimate of drug-likeness (QED) is 0.418. The molecule has 0 saturated heterocycles. The molecular weight excluding hydrogens is 352 g/mol. The minimum atomic E-state index is 0.885. The van der Waals surface area contributed by atoms with Gasteiger partial charge in [0, 0.05) is 31.4 Å². The van der Waals surface area contributed by atoms with E-state index in [0.29, 0.717) is 0 Å². The lowest BCUT2D eigenvalue weighted by atomic mass is 10.2. The molecule has 0 unspecified atom stereocenters. The third-order valence-electron chi connectivity index (χ3n) is 3.54. The van der Waals surface area contributed by atoms with Gasteiger partial charge in [-0.2, -0.15) is 0 Å². The molecule has 0 aliphatic carbocycles. The molecule has 3 rings (SSSR count). The highest BCUT2D eigenvalue weighted by molar-refractivity contribution is 8.04. The molecular formula is C24H14S2. The van der Waals surface area contributed by atoms with E-state index in [4.69, 9.17) is 12.8 Å². The highest BCUT2D eigenvalue weighted by atomic mass is 32.2. The van der Waals surface area contributed by atoms with Crippen molar-refractivity contribution in [3.63, 3.8) is 0 Å². The fourth-order valence-corrected chi connectivity index (χ4v) is 3.81. The zero-order valence-electron chi connectivity index (χ0n) is 13.9. The third-order valence-corrected chi connectivity index (χ3v) is 5.38. The predicted octanol–water partition coefficient (Wildman–Crippen LogP) is 5.90. The van der Waals surface area contributed by atoms with E-state index in [-0.39, 0.29) is 0 Å². The third kappa shape index (κ3) is 4.36. The topological polar surface area (TPSA) is 0 Å². The van der Waals surface area contributed by atoms with Gasteiger partial charge in [0.05, 0.1) is 0 Å². The Bertz CT molecular complexity index is 1070. The standard InChI is InChI=1S/C24H14S2/c1-3-19-11-5-9-15-23(19)26-24-16-10-7-13-21(24)18-17-20-12-6-8-14-22(20)25-4-2/h1-2,5-16H. The van der Waals surface area contributed by atoms with Crippen molar-refractivity contribution in [2.45, 2.75) is 14.7 Å². The Morgan fingerprint density at radius 2 is 1.04 bits per heavy atom. The molecule has 26 heavy (non-hydrogen) atoms. The second-order valence-corrected chi connectivity index (χ2v) is 7.17. The zero-order valence-corrected chi connectivity index (χ0v) is 15.5. The van der Waals surface area contributed by atoms with Crippen LogP contribution >= 0.6 is 23.5 Å². The molecule has 0 saturated carbocycles. The summed E-state index contributed by atoms with van der Waals surface area (Å²) in [7, 11) is 0. The summed E-state index contributed by atoms with van der Waals surface area (Å²) in [6.07, 6.45) is 11.0. The first kappa shape index (κ1) is 17.8. The number of rotatable bonds is 3. The number of terminal acetylenes is 2. The minimum Gasteiger partial charge on any atom is -0.115 e. The smallest absolute Gasteiger partial charge is 0.0394 e. The van der Waals surface area contributed by atoms with E-state index in [1.54, 1.807) is 11.8 Å². The van der Waals surface area contributed by atoms with Gasteiger partial charge in [0.25, 0.3) is 0 Å². The summed E-state index contributed by atoms with van der Waals surface area (Å²) in [6, 6.07) is 23.9. The van der Waals surface area contributed by atoms with Crippen molar-refractivity contribution >= 4 is 23.5 Å². The first-order chi connectivity index (χ1) is 12.8. The van der Waals surface area contributed by atoms with Crippen molar-refractivity contribution in [3.05, 3.63) is 89.5 Å². The molecule has 3 aromatic rings. The highest BCUT2D eigenvalue weighted by Gasteiger charge is 2.05. The van der Waals surface area contributed by atoms with Crippen LogP contribution in [0.3, 0.4) is 0 Å². The van der Waals surface area contributed by atoms with Crippen LogP contribution in [0, 0.1) is 35.9 Å². The molecule has 0 aliphatic rings. The number of hydrogen-bond acceptors (Lipinski definition) is 2. The molecule has 0 aromatic heterocycles. The number of thioether (sulfide) groups is 1. The van der Waals surface area contributed by atoms with E-state index in [0.717, 1.165) is 31.4 Å². The molecule has 0 nitrogen and oxygen atoms in total. The van der Waals surface area contributed by atoms with Gasteiger partial charge in [-0.15, -0.1) is 12.8 Å². The second-order valence-electron chi connectivity index (χ2n) is 5.20. The maximum atomic E-state index is 5.61. The SMILES string of the molecule is C#CSc1ccccc1C#Cc1ccccc1Sc1ccccc1C#C. The van der Waals surface area contributed by atoms with E-state index in [1.165, 1.54) is 11.8 Å². The van der Waals surface area contributed by atoms with Crippen LogP contribution in [0.15, 0.2) is 87.5 Å². The van der Waals surface area contributed by atoms with Crippen LogP contribution in [0.25, 0.3) is 0 Å². The van der Waals surface area contributed by atoms with Crippen molar-refractivity contribution in [1.29, 1.82) is 0 Å². The Balaban J connectivity index is 1.95. The largest absolute Gasteiger partial charge is 0.115 e. The average Bonchev–Trinajstić information content (AvgIpc) is 2.69. The van der Waals surface area contributed by atoms with Gasteiger partial charge in [0.15, 0.2) is 0 Å². The van der Waals surface area contributed by atoms with Crippen LogP contribution < -0.4 is 0 Å². The van der Waals surface area contributed by atoms with Gasteiger partial charge in [0.2, 0.25) is 0 Å². The number of benzene rings is 3. The molecule has 0 radical (unpaired) electrons. The Morgan fingerprint density at radius 3 is 1.62 bits per heavy atom. The summed E-state index contributed by atoms with van der Waals surface area (Å²) in [4.78, 5) is 3.11. The van der Waals surface area contributed by atoms with E-state index >= 15 is 0 Å². The normalized spacial score (nSPS) is 9.46. The van der Waals surface area contributed by atoms with Crippen molar-refractivity contribution in [2.75, 3.05) is 0 Å². The van der Waals surface area contributed by atoms with Crippen LogP contribution in [-0.2, 0) is 0 Å².